The van der Waals surface area contributed by atoms with Gasteiger partial charge in [0.15, 0.2) is 0 Å². The van der Waals surface area contributed by atoms with Gasteiger partial charge in [0, 0.05) is 23.0 Å². The Balaban J connectivity index is 0.000000249. The Labute approximate surface area is 82.5 Å². The van der Waals surface area contributed by atoms with E-state index in [9.17, 15) is 13.8 Å². The molecule has 0 saturated carbocycles. The molecule has 0 aliphatic carbocycles. The number of carbonyl (C=O) groups is 2. The van der Waals surface area contributed by atoms with E-state index in [-0.39, 0.29) is 0 Å². The lowest BCUT2D eigenvalue weighted by molar-refractivity contribution is -0.134. The second kappa shape index (κ2) is 6.79. The molecule has 76 valence electrons. The fourth-order valence-corrected chi connectivity index (χ4v) is 1.02. The third kappa shape index (κ3) is 8.41. The van der Waals surface area contributed by atoms with Gasteiger partial charge in [-0.1, -0.05) is 12.2 Å². The molecule has 0 radical (unpaired) electrons. The van der Waals surface area contributed by atoms with Gasteiger partial charge >= 0.3 is 11.9 Å². The number of aliphatic carboxylic acids is 2. The third-order valence-electron chi connectivity index (χ3n) is 0.905. The van der Waals surface area contributed by atoms with Gasteiger partial charge in [0.05, 0.1) is 10.8 Å². The van der Waals surface area contributed by atoms with Gasteiger partial charge in [-0.2, -0.15) is 0 Å². The molecule has 0 unspecified atom stereocenters. The van der Waals surface area contributed by atoms with Crippen molar-refractivity contribution in [3.63, 3.8) is 0 Å². The van der Waals surface area contributed by atoms with Gasteiger partial charge < -0.3 is 10.2 Å². The molecule has 1 aliphatic rings. The lowest BCUT2D eigenvalue weighted by Gasteiger charge is -1.74. The van der Waals surface area contributed by atoms with Gasteiger partial charge in [-0.3, -0.25) is 4.21 Å². The van der Waals surface area contributed by atoms with Crippen LogP contribution in [0.2, 0.25) is 0 Å². The van der Waals surface area contributed by atoms with E-state index in [4.69, 9.17) is 10.2 Å². The summed E-state index contributed by atoms with van der Waals surface area (Å²) < 4.78 is 10.2. The fourth-order valence-electron chi connectivity index (χ4n) is 0.434. The van der Waals surface area contributed by atoms with Crippen molar-refractivity contribution in [2.45, 2.75) is 0 Å². The maximum atomic E-state index is 10.2. The highest BCUT2D eigenvalue weighted by Gasteiger charge is 1.88. The molecule has 14 heavy (non-hydrogen) atoms. The van der Waals surface area contributed by atoms with Crippen LogP contribution in [0.3, 0.4) is 0 Å². The van der Waals surface area contributed by atoms with Crippen LogP contribution < -0.4 is 0 Å². The summed E-state index contributed by atoms with van der Waals surface area (Å²) in [4.78, 5) is 19.1. The van der Waals surface area contributed by atoms with Gasteiger partial charge in [0.1, 0.15) is 0 Å². The highest BCUT2D eigenvalue weighted by atomic mass is 32.2. The number of hydrogen-bond acceptors (Lipinski definition) is 3. The maximum Gasteiger partial charge on any atom is 0.328 e. The van der Waals surface area contributed by atoms with Crippen LogP contribution in [0, 0.1) is 0 Å². The molecule has 0 fully saturated rings. The fraction of sp³-hybridized carbons (Fsp3) is 0. The van der Waals surface area contributed by atoms with Crippen molar-refractivity contribution >= 4 is 22.7 Å². The molecular weight excluding hydrogens is 208 g/mol. The Bertz CT molecular complexity index is 297. The molecule has 0 aromatic carbocycles. The number of hydrogen-bond donors (Lipinski definition) is 2. The van der Waals surface area contributed by atoms with Crippen LogP contribution in [0.4, 0.5) is 0 Å². The predicted molar refractivity (Wildman–Crippen MR) is 50.8 cm³/mol. The lowest BCUT2D eigenvalue weighted by Crippen LogP contribution is -1.91. The molecule has 1 aliphatic heterocycles. The first-order valence-electron chi connectivity index (χ1n) is 3.40. The maximum absolute atomic E-state index is 10.2. The molecule has 0 aromatic rings. The van der Waals surface area contributed by atoms with Gasteiger partial charge in [0.25, 0.3) is 0 Å². The van der Waals surface area contributed by atoms with Crippen molar-refractivity contribution in [3.05, 3.63) is 35.1 Å². The van der Waals surface area contributed by atoms with E-state index in [0.717, 1.165) is 0 Å². The summed E-state index contributed by atoms with van der Waals surface area (Å²) in [6.07, 6.45) is 4.66. The molecule has 0 aromatic heterocycles. The number of allylic oxidation sites excluding steroid dienone is 2. The summed E-state index contributed by atoms with van der Waals surface area (Å²) in [6, 6.07) is 0. The number of carboxylic acid groups (broad SMARTS) is 2. The molecule has 6 heteroatoms. The van der Waals surface area contributed by atoms with Gasteiger partial charge in [-0.25, -0.2) is 9.59 Å². The Hall–Kier alpha value is -1.69. The lowest BCUT2D eigenvalue weighted by atomic mass is 10.5. The molecule has 2 N–H and O–H groups in total. The Kier molecular flexibility index (Phi) is 5.97. The quantitative estimate of drug-likeness (QED) is 0.655. The van der Waals surface area contributed by atoms with Crippen molar-refractivity contribution < 1.29 is 24.0 Å². The first-order valence-corrected chi connectivity index (χ1v) is 4.68. The Morgan fingerprint density at radius 3 is 1.50 bits per heavy atom. The zero-order chi connectivity index (χ0) is 11.0. The van der Waals surface area contributed by atoms with Crippen molar-refractivity contribution in [2.24, 2.45) is 0 Å². The first kappa shape index (κ1) is 12.3. The van der Waals surface area contributed by atoms with E-state index >= 15 is 0 Å². The number of carboxylic acids is 2. The van der Waals surface area contributed by atoms with E-state index in [0.29, 0.717) is 12.2 Å². The molecule has 0 spiro atoms. The van der Waals surface area contributed by atoms with Gasteiger partial charge in [0.2, 0.25) is 0 Å². The molecule has 1 heterocycles. The monoisotopic (exact) mass is 216 g/mol. The minimum atomic E-state index is -1.26. The molecular formula is C8H8O5S. The predicted octanol–water partition coefficient (Wildman–Crippen LogP) is 0.488. The standard InChI is InChI=1S/C4H4O4.C4H4OS/c5-3(6)1-2-4(7)8;5-6-3-1-2-4-6/h1-2H,(H,5,6)(H,7,8);1-4H/b2-1+;. The SMILES string of the molecule is O=C(O)/C=C/C(=O)O.O=S1C=CC=C1. The molecule has 0 saturated heterocycles. The molecule has 0 bridgehead atoms. The van der Waals surface area contributed by atoms with Crippen LogP contribution in [0.25, 0.3) is 0 Å². The largest absolute Gasteiger partial charge is 0.478 e. The summed E-state index contributed by atoms with van der Waals surface area (Å²) in [7, 11) is -0.784. The number of rotatable bonds is 2. The van der Waals surface area contributed by atoms with Crippen LogP contribution in [-0.2, 0) is 20.4 Å². The Morgan fingerprint density at radius 2 is 1.36 bits per heavy atom. The average molecular weight is 216 g/mol. The zero-order valence-electron chi connectivity index (χ0n) is 6.99. The van der Waals surface area contributed by atoms with Crippen molar-refractivity contribution in [1.82, 2.24) is 0 Å². The summed E-state index contributed by atoms with van der Waals surface area (Å²) in [5.41, 5.74) is 0. The normalized spacial score (nSPS) is 14.0. The average Bonchev–Trinajstić information content (AvgIpc) is 2.53. The van der Waals surface area contributed by atoms with Crippen molar-refractivity contribution in [2.75, 3.05) is 0 Å². The van der Waals surface area contributed by atoms with Gasteiger partial charge in [-0.15, -0.1) is 0 Å². The van der Waals surface area contributed by atoms with E-state index in [2.05, 4.69) is 0 Å². The topological polar surface area (TPSA) is 91.7 Å². The Morgan fingerprint density at radius 1 is 1.00 bits per heavy atom. The minimum Gasteiger partial charge on any atom is -0.478 e. The zero-order valence-corrected chi connectivity index (χ0v) is 7.81. The molecule has 0 amide bonds. The second-order valence-electron chi connectivity index (χ2n) is 2.00. The van der Waals surface area contributed by atoms with Crippen LogP contribution in [-0.4, -0.2) is 26.4 Å². The minimum absolute atomic E-state index is 0.558. The van der Waals surface area contributed by atoms with E-state index in [1.807, 2.05) is 0 Å². The van der Waals surface area contributed by atoms with E-state index in [1.165, 1.54) is 0 Å². The summed E-state index contributed by atoms with van der Waals surface area (Å²) in [6.45, 7) is 0. The first-order chi connectivity index (χ1) is 6.52. The van der Waals surface area contributed by atoms with E-state index < -0.39 is 22.7 Å². The van der Waals surface area contributed by atoms with Crippen molar-refractivity contribution in [1.29, 1.82) is 0 Å². The molecule has 0 atom stereocenters. The second-order valence-corrected chi connectivity index (χ2v) is 3.20. The summed E-state index contributed by atoms with van der Waals surface area (Å²) >= 11 is 0. The highest BCUT2D eigenvalue weighted by Crippen LogP contribution is 1.95. The third-order valence-corrected chi connectivity index (χ3v) is 1.76. The summed E-state index contributed by atoms with van der Waals surface area (Å²) in [5.74, 6) is -2.51. The summed E-state index contributed by atoms with van der Waals surface area (Å²) in [5, 5.41) is 18.9. The van der Waals surface area contributed by atoms with E-state index in [1.54, 1.807) is 23.0 Å². The van der Waals surface area contributed by atoms with Crippen LogP contribution in [0.1, 0.15) is 0 Å². The van der Waals surface area contributed by atoms with Crippen LogP contribution in [0.5, 0.6) is 0 Å². The van der Waals surface area contributed by atoms with Crippen LogP contribution in [0.15, 0.2) is 35.1 Å². The molecule has 5 nitrogen and oxygen atoms in total. The smallest absolute Gasteiger partial charge is 0.328 e. The van der Waals surface area contributed by atoms with Gasteiger partial charge in [-0.05, 0) is 0 Å². The van der Waals surface area contributed by atoms with Crippen molar-refractivity contribution in [3.8, 4) is 0 Å². The van der Waals surface area contributed by atoms with Crippen LogP contribution >= 0.6 is 0 Å². The molecule has 1 rings (SSSR count). The highest BCUT2D eigenvalue weighted by molar-refractivity contribution is 7.91.